The Morgan fingerprint density at radius 3 is 2.62 bits per heavy atom. The molecule has 1 aromatic heterocycles. The highest BCUT2D eigenvalue weighted by Gasteiger charge is 2.15. The summed E-state index contributed by atoms with van der Waals surface area (Å²) < 4.78 is 14.3. The number of esters is 1. The molecular formula is C19H18BrNO3. The number of benzene rings is 2. The molecule has 24 heavy (non-hydrogen) atoms. The Morgan fingerprint density at radius 1 is 1.21 bits per heavy atom. The molecule has 0 aliphatic heterocycles. The van der Waals surface area contributed by atoms with Gasteiger partial charge in [0.15, 0.2) is 0 Å². The maximum Gasteiger partial charge on any atom is 0.308 e. The van der Waals surface area contributed by atoms with E-state index in [-0.39, 0.29) is 5.97 Å². The minimum atomic E-state index is -0.350. The van der Waals surface area contributed by atoms with Crippen LogP contribution >= 0.6 is 15.9 Å². The number of hydrogen-bond acceptors (Lipinski definition) is 3. The van der Waals surface area contributed by atoms with Crippen molar-refractivity contribution < 1.29 is 14.3 Å². The van der Waals surface area contributed by atoms with E-state index in [9.17, 15) is 4.79 Å². The first-order valence-corrected chi connectivity index (χ1v) is 8.55. The van der Waals surface area contributed by atoms with E-state index in [1.54, 1.807) is 6.07 Å². The van der Waals surface area contributed by atoms with Crippen molar-refractivity contribution in [2.24, 2.45) is 0 Å². The third-order valence-electron chi connectivity index (χ3n) is 3.71. The molecule has 0 saturated carbocycles. The van der Waals surface area contributed by atoms with Gasteiger partial charge in [0.2, 0.25) is 0 Å². The minimum Gasteiger partial charge on any atom is -0.488 e. The van der Waals surface area contributed by atoms with E-state index in [0.29, 0.717) is 18.1 Å². The monoisotopic (exact) mass is 387 g/mol. The lowest BCUT2D eigenvalue weighted by Crippen LogP contribution is -2.03. The van der Waals surface area contributed by atoms with Gasteiger partial charge in [0.1, 0.15) is 18.1 Å². The van der Waals surface area contributed by atoms with Gasteiger partial charge >= 0.3 is 5.97 Å². The zero-order chi connectivity index (χ0) is 17.1. The summed E-state index contributed by atoms with van der Waals surface area (Å²) in [6.07, 6.45) is 2.01. The van der Waals surface area contributed by atoms with Gasteiger partial charge in [0, 0.05) is 36.3 Å². The van der Waals surface area contributed by atoms with Crippen LogP contribution in [0.5, 0.6) is 11.5 Å². The Morgan fingerprint density at radius 2 is 1.96 bits per heavy atom. The van der Waals surface area contributed by atoms with Crippen molar-refractivity contribution in [2.75, 3.05) is 0 Å². The summed E-state index contributed by atoms with van der Waals surface area (Å²) in [7, 11) is 0. The summed E-state index contributed by atoms with van der Waals surface area (Å²) in [5, 5.41) is 0.976. The van der Waals surface area contributed by atoms with E-state index >= 15 is 0 Å². The molecule has 3 rings (SSSR count). The van der Waals surface area contributed by atoms with Gasteiger partial charge in [-0.15, -0.1) is 0 Å². The van der Waals surface area contributed by atoms with Gasteiger partial charge < -0.3 is 14.0 Å². The van der Waals surface area contributed by atoms with Crippen LogP contribution in [-0.2, 0) is 17.9 Å². The SMILES string of the molecule is CCn1cc(Br)c2c(OCc3ccccc3)cc(OC(C)=O)cc21. The quantitative estimate of drug-likeness (QED) is 0.460. The molecule has 4 nitrogen and oxygen atoms in total. The van der Waals surface area contributed by atoms with Crippen LogP contribution in [0.4, 0.5) is 0 Å². The first kappa shape index (κ1) is 16.6. The summed E-state index contributed by atoms with van der Waals surface area (Å²) in [5.74, 6) is 0.821. The average molecular weight is 388 g/mol. The van der Waals surface area contributed by atoms with E-state index in [1.165, 1.54) is 6.92 Å². The molecule has 0 atom stereocenters. The van der Waals surface area contributed by atoms with Gasteiger partial charge in [-0.1, -0.05) is 30.3 Å². The molecule has 0 unspecified atom stereocenters. The fraction of sp³-hybridized carbons (Fsp3) is 0.211. The van der Waals surface area contributed by atoms with Crippen LogP contribution in [0.2, 0.25) is 0 Å². The number of aromatic nitrogens is 1. The van der Waals surface area contributed by atoms with Gasteiger partial charge in [-0.25, -0.2) is 0 Å². The normalized spacial score (nSPS) is 10.8. The van der Waals surface area contributed by atoms with Crippen LogP contribution in [0, 0.1) is 0 Å². The topological polar surface area (TPSA) is 40.5 Å². The first-order chi connectivity index (χ1) is 11.6. The molecule has 0 amide bonds. The molecule has 3 aromatic rings. The zero-order valence-electron chi connectivity index (χ0n) is 13.6. The van der Waals surface area contributed by atoms with E-state index in [0.717, 1.165) is 27.5 Å². The van der Waals surface area contributed by atoms with Crippen molar-refractivity contribution >= 4 is 32.8 Å². The number of carbonyl (C=O) groups is 1. The third-order valence-corrected chi connectivity index (χ3v) is 4.31. The second-order valence-corrected chi connectivity index (χ2v) is 6.30. The predicted octanol–water partition coefficient (Wildman–Crippen LogP) is 4.93. The van der Waals surface area contributed by atoms with Crippen LogP contribution < -0.4 is 9.47 Å². The molecule has 1 heterocycles. The van der Waals surface area contributed by atoms with Crippen LogP contribution in [0.3, 0.4) is 0 Å². The number of nitrogens with zero attached hydrogens (tertiary/aromatic N) is 1. The van der Waals surface area contributed by atoms with Gasteiger partial charge in [0.25, 0.3) is 0 Å². The molecule has 0 fully saturated rings. The first-order valence-electron chi connectivity index (χ1n) is 7.76. The van der Waals surface area contributed by atoms with Gasteiger partial charge in [-0.2, -0.15) is 0 Å². The Labute approximate surface area is 149 Å². The highest BCUT2D eigenvalue weighted by atomic mass is 79.9. The highest BCUT2D eigenvalue weighted by molar-refractivity contribution is 9.10. The smallest absolute Gasteiger partial charge is 0.308 e. The van der Waals surface area contributed by atoms with Crippen LogP contribution in [0.15, 0.2) is 53.1 Å². The summed E-state index contributed by atoms with van der Waals surface area (Å²) in [6, 6.07) is 13.6. The molecule has 124 valence electrons. The summed E-state index contributed by atoms with van der Waals surface area (Å²) in [4.78, 5) is 11.3. The zero-order valence-corrected chi connectivity index (χ0v) is 15.2. The van der Waals surface area contributed by atoms with E-state index in [2.05, 4.69) is 27.4 Å². The lowest BCUT2D eigenvalue weighted by atomic mass is 10.2. The second-order valence-electron chi connectivity index (χ2n) is 5.45. The molecular weight excluding hydrogens is 370 g/mol. The molecule has 0 bridgehead atoms. The van der Waals surface area contributed by atoms with Gasteiger partial charge in [-0.05, 0) is 28.4 Å². The standard InChI is InChI=1S/C19H18BrNO3/c1-3-21-11-16(20)19-17(21)9-15(24-13(2)22)10-18(19)23-12-14-7-5-4-6-8-14/h4-11H,3,12H2,1-2H3. The number of aryl methyl sites for hydroxylation is 1. The summed E-state index contributed by atoms with van der Waals surface area (Å²) in [5.41, 5.74) is 2.04. The number of ether oxygens (including phenoxy) is 2. The molecule has 0 saturated heterocycles. The van der Waals surface area contributed by atoms with Crippen LogP contribution in [-0.4, -0.2) is 10.5 Å². The maximum absolute atomic E-state index is 11.3. The fourth-order valence-electron chi connectivity index (χ4n) is 2.65. The predicted molar refractivity (Wildman–Crippen MR) is 97.4 cm³/mol. The summed E-state index contributed by atoms with van der Waals surface area (Å²) >= 11 is 3.60. The Hall–Kier alpha value is -2.27. The van der Waals surface area contributed by atoms with Crippen molar-refractivity contribution in [3.05, 3.63) is 58.7 Å². The number of rotatable bonds is 5. The molecule has 0 aliphatic carbocycles. The third kappa shape index (κ3) is 3.46. The van der Waals surface area contributed by atoms with Crippen molar-refractivity contribution in [2.45, 2.75) is 27.0 Å². The fourth-order valence-corrected chi connectivity index (χ4v) is 3.30. The van der Waals surface area contributed by atoms with Crippen molar-refractivity contribution in [1.82, 2.24) is 4.57 Å². The number of hydrogen-bond donors (Lipinski definition) is 0. The lowest BCUT2D eigenvalue weighted by molar-refractivity contribution is -0.131. The maximum atomic E-state index is 11.3. The molecule has 0 aliphatic rings. The second kappa shape index (κ2) is 7.09. The van der Waals surface area contributed by atoms with E-state index in [4.69, 9.17) is 9.47 Å². The molecule has 0 spiro atoms. The van der Waals surface area contributed by atoms with Crippen molar-refractivity contribution in [3.63, 3.8) is 0 Å². The largest absolute Gasteiger partial charge is 0.488 e. The molecule has 2 aromatic carbocycles. The molecule has 5 heteroatoms. The molecule has 0 N–H and O–H groups in total. The van der Waals surface area contributed by atoms with Crippen molar-refractivity contribution in [3.8, 4) is 11.5 Å². The van der Waals surface area contributed by atoms with Crippen LogP contribution in [0.1, 0.15) is 19.4 Å². The number of fused-ring (bicyclic) bond motifs is 1. The molecule has 0 radical (unpaired) electrons. The van der Waals surface area contributed by atoms with Gasteiger partial charge in [0.05, 0.1) is 10.9 Å². The van der Waals surface area contributed by atoms with E-state index < -0.39 is 0 Å². The Kier molecular flexibility index (Phi) is 4.90. The van der Waals surface area contributed by atoms with Gasteiger partial charge in [-0.3, -0.25) is 4.79 Å². The minimum absolute atomic E-state index is 0.350. The number of carbonyl (C=O) groups excluding carboxylic acids is 1. The Balaban J connectivity index is 2.03. The van der Waals surface area contributed by atoms with E-state index in [1.807, 2.05) is 42.6 Å². The summed E-state index contributed by atoms with van der Waals surface area (Å²) in [6.45, 7) is 4.71. The Bertz CT molecular complexity index is 871. The van der Waals surface area contributed by atoms with Crippen LogP contribution in [0.25, 0.3) is 10.9 Å². The average Bonchev–Trinajstić information content (AvgIpc) is 2.89. The number of halogens is 1. The lowest BCUT2D eigenvalue weighted by Gasteiger charge is -2.11. The highest BCUT2D eigenvalue weighted by Crippen LogP contribution is 2.38. The van der Waals surface area contributed by atoms with Crippen molar-refractivity contribution in [1.29, 1.82) is 0 Å².